The highest BCUT2D eigenvalue weighted by atomic mass is 16.3. The van der Waals surface area contributed by atoms with Gasteiger partial charge in [-0.1, -0.05) is 0 Å². The molecule has 3 rings (SSSR count). The number of Topliss-reactive ketones (excluding diaryl/α,β-unsaturated/α-hetero) is 1. The molecule has 0 bridgehead atoms. The molecule has 1 fully saturated rings. The Morgan fingerprint density at radius 3 is 2.68 bits per heavy atom. The molecule has 2 aliphatic rings. The average Bonchev–Trinajstić information content (AvgIpc) is 2.91. The summed E-state index contributed by atoms with van der Waals surface area (Å²) >= 11 is 0. The molecule has 1 aromatic rings. The van der Waals surface area contributed by atoms with Crippen LogP contribution in [0.15, 0.2) is 18.2 Å². The Morgan fingerprint density at radius 2 is 2.09 bits per heavy atom. The normalized spacial score (nSPS) is 26.7. The molecule has 1 aliphatic heterocycles. The van der Waals surface area contributed by atoms with E-state index in [1.807, 2.05) is 0 Å². The largest absolute Gasteiger partial charge is 0.390 e. The van der Waals surface area contributed by atoms with Gasteiger partial charge in [0.2, 0.25) is 5.91 Å². The lowest BCUT2D eigenvalue weighted by Crippen LogP contribution is -2.51. The first-order chi connectivity index (χ1) is 10.4. The van der Waals surface area contributed by atoms with E-state index in [9.17, 15) is 14.7 Å². The molecule has 0 saturated carbocycles. The Hall–Kier alpha value is -2.19. The Balaban J connectivity index is 2.20. The second-order valence-electron chi connectivity index (χ2n) is 6.55. The lowest BCUT2D eigenvalue weighted by Gasteiger charge is -2.44. The lowest BCUT2D eigenvalue weighted by molar-refractivity contribution is -0.134. The highest BCUT2D eigenvalue weighted by molar-refractivity contribution is 6.03. The summed E-state index contributed by atoms with van der Waals surface area (Å²) in [7, 11) is 0. The molecule has 5 heteroatoms. The van der Waals surface area contributed by atoms with Gasteiger partial charge < -0.3 is 10.0 Å². The van der Waals surface area contributed by atoms with Gasteiger partial charge in [-0.25, -0.2) is 0 Å². The highest BCUT2D eigenvalue weighted by Crippen LogP contribution is 2.45. The third-order valence-corrected chi connectivity index (χ3v) is 4.81. The standard InChI is InChI=1S/C17H18N2O3/c1-17(2)15(21)11-6-5-10(9-18)8-12(11)14(16(17)22)19-7-3-4-13(19)20/h5-6,8,14,16,22H,3-4,7H2,1-2H3. The van der Waals surface area contributed by atoms with Crippen LogP contribution in [0.3, 0.4) is 0 Å². The molecule has 2 unspecified atom stereocenters. The number of fused-ring (bicyclic) bond motifs is 1. The van der Waals surface area contributed by atoms with Crippen LogP contribution < -0.4 is 0 Å². The minimum Gasteiger partial charge on any atom is -0.390 e. The van der Waals surface area contributed by atoms with Gasteiger partial charge >= 0.3 is 0 Å². The molecule has 1 N–H and O–H groups in total. The second-order valence-corrected chi connectivity index (χ2v) is 6.55. The van der Waals surface area contributed by atoms with E-state index in [4.69, 9.17) is 5.26 Å². The van der Waals surface area contributed by atoms with Crippen molar-refractivity contribution in [3.63, 3.8) is 0 Å². The van der Waals surface area contributed by atoms with E-state index < -0.39 is 17.6 Å². The quantitative estimate of drug-likeness (QED) is 0.857. The van der Waals surface area contributed by atoms with Crippen LogP contribution in [0.2, 0.25) is 0 Å². The van der Waals surface area contributed by atoms with E-state index in [0.717, 1.165) is 6.42 Å². The summed E-state index contributed by atoms with van der Waals surface area (Å²) in [5.41, 5.74) is 0.551. The summed E-state index contributed by atoms with van der Waals surface area (Å²) < 4.78 is 0. The lowest BCUT2D eigenvalue weighted by atomic mass is 9.68. The Labute approximate surface area is 129 Å². The van der Waals surface area contributed by atoms with Crippen molar-refractivity contribution in [1.82, 2.24) is 4.90 Å². The number of nitriles is 1. The SMILES string of the molecule is CC1(C)C(=O)c2ccc(C#N)cc2C(N2CCCC2=O)C1O. The minimum atomic E-state index is -0.983. The van der Waals surface area contributed by atoms with Gasteiger partial charge in [-0.15, -0.1) is 0 Å². The summed E-state index contributed by atoms with van der Waals surface area (Å²) in [5.74, 6) is -0.162. The molecular formula is C17H18N2O3. The van der Waals surface area contributed by atoms with Gasteiger partial charge in [0.15, 0.2) is 5.78 Å². The Bertz CT molecular complexity index is 702. The summed E-state index contributed by atoms with van der Waals surface area (Å²) in [6.07, 6.45) is 0.234. The van der Waals surface area contributed by atoms with Crippen LogP contribution in [-0.4, -0.2) is 34.3 Å². The number of hydrogen-bond donors (Lipinski definition) is 1. The van der Waals surface area contributed by atoms with Crippen molar-refractivity contribution < 1.29 is 14.7 Å². The maximum absolute atomic E-state index is 12.6. The van der Waals surface area contributed by atoms with E-state index in [1.54, 1.807) is 36.9 Å². The number of aliphatic hydroxyl groups is 1. The number of hydrogen-bond acceptors (Lipinski definition) is 4. The van der Waals surface area contributed by atoms with Crippen molar-refractivity contribution >= 4 is 11.7 Å². The Kier molecular flexibility index (Phi) is 3.30. The zero-order valence-corrected chi connectivity index (χ0v) is 12.7. The van der Waals surface area contributed by atoms with Gasteiger partial charge in [-0.05, 0) is 44.0 Å². The number of carbonyl (C=O) groups excluding carboxylic acids is 2. The van der Waals surface area contributed by atoms with Crippen molar-refractivity contribution in [2.24, 2.45) is 5.41 Å². The summed E-state index contributed by atoms with van der Waals surface area (Å²) in [4.78, 5) is 26.4. The van der Waals surface area contributed by atoms with E-state index >= 15 is 0 Å². The number of aliphatic hydroxyl groups excluding tert-OH is 1. The van der Waals surface area contributed by atoms with Gasteiger partial charge in [0.05, 0.1) is 29.2 Å². The molecule has 1 amide bonds. The second kappa shape index (κ2) is 4.92. The predicted octanol–water partition coefficient (Wildman–Crippen LogP) is 1.81. The zero-order chi connectivity index (χ0) is 16.1. The molecule has 0 aromatic heterocycles. The molecule has 0 radical (unpaired) electrons. The van der Waals surface area contributed by atoms with Crippen LogP contribution in [0.4, 0.5) is 0 Å². The van der Waals surface area contributed by atoms with Gasteiger partial charge in [0, 0.05) is 18.5 Å². The molecule has 1 aromatic carbocycles. The first-order valence-electron chi connectivity index (χ1n) is 7.44. The minimum absolute atomic E-state index is 0.0116. The van der Waals surface area contributed by atoms with Crippen LogP contribution in [0.5, 0.6) is 0 Å². The van der Waals surface area contributed by atoms with E-state index in [1.165, 1.54) is 0 Å². The molecule has 1 saturated heterocycles. The fourth-order valence-electron chi connectivity index (χ4n) is 3.43. The molecule has 22 heavy (non-hydrogen) atoms. The average molecular weight is 298 g/mol. The fraction of sp³-hybridized carbons (Fsp3) is 0.471. The van der Waals surface area contributed by atoms with Gasteiger partial charge in [-0.2, -0.15) is 5.26 Å². The predicted molar refractivity (Wildman–Crippen MR) is 79.0 cm³/mol. The number of amides is 1. The fourth-order valence-corrected chi connectivity index (χ4v) is 3.43. The van der Waals surface area contributed by atoms with E-state index in [-0.39, 0.29) is 11.7 Å². The third-order valence-electron chi connectivity index (χ3n) is 4.81. The van der Waals surface area contributed by atoms with Crippen LogP contribution >= 0.6 is 0 Å². The van der Waals surface area contributed by atoms with Crippen LogP contribution in [0.25, 0.3) is 0 Å². The number of likely N-dealkylation sites (tertiary alicyclic amines) is 1. The first-order valence-corrected chi connectivity index (χ1v) is 7.44. The summed E-state index contributed by atoms with van der Waals surface area (Å²) in [6, 6.07) is 6.36. The van der Waals surface area contributed by atoms with Crippen molar-refractivity contribution in [3.8, 4) is 6.07 Å². The van der Waals surface area contributed by atoms with E-state index in [0.29, 0.717) is 29.7 Å². The van der Waals surface area contributed by atoms with Crippen molar-refractivity contribution in [1.29, 1.82) is 5.26 Å². The van der Waals surface area contributed by atoms with Crippen molar-refractivity contribution in [2.45, 2.75) is 38.8 Å². The molecule has 1 heterocycles. The maximum atomic E-state index is 12.6. The molecule has 114 valence electrons. The molecule has 5 nitrogen and oxygen atoms in total. The number of benzene rings is 1. The summed E-state index contributed by atoms with van der Waals surface area (Å²) in [6.45, 7) is 3.98. The zero-order valence-electron chi connectivity index (χ0n) is 12.7. The molecular weight excluding hydrogens is 280 g/mol. The van der Waals surface area contributed by atoms with Crippen LogP contribution in [0, 0.1) is 16.7 Å². The highest BCUT2D eigenvalue weighted by Gasteiger charge is 2.50. The number of carbonyl (C=O) groups is 2. The topological polar surface area (TPSA) is 81.4 Å². The summed E-state index contributed by atoms with van der Waals surface area (Å²) in [5, 5.41) is 19.9. The van der Waals surface area contributed by atoms with Gasteiger partial charge in [0.25, 0.3) is 0 Å². The molecule has 0 spiro atoms. The Morgan fingerprint density at radius 1 is 1.36 bits per heavy atom. The maximum Gasteiger partial charge on any atom is 0.223 e. The van der Waals surface area contributed by atoms with E-state index in [2.05, 4.69) is 6.07 Å². The van der Waals surface area contributed by atoms with Crippen molar-refractivity contribution in [3.05, 3.63) is 34.9 Å². The van der Waals surface area contributed by atoms with Crippen LogP contribution in [0.1, 0.15) is 54.2 Å². The van der Waals surface area contributed by atoms with Crippen molar-refractivity contribution in [2.75, 3.05) is 6.54 Å². The first kappa shape index (κ1) is 14.7. The number of rotatable bonds is 1. The smallest absolute Gasteiger partial charge is 0.223 e. The molecule has 1 aliphatic carbocycles. The van der Waals surface area contributed by atoms with Crippen LogP contribution in [-0.2, 0) is 4.79 Å². The third kappa shape index (κ3) is 1.95. The number of nitrogens with zero attached hydrogens (tertiary/aromatic N) is 2. The number of ketones is 1. The van der Waals surface area contributed by atoms with Gasteiger partial charge in [-0.3, -0.25) is 9.59 Å². The van der Waals surface area contributed by atoms with Gasteiger partial charge in [0.1, 0.15) is 0 Å². The molecule has 2 atom stereocenters. The monoisotopic (exact) mass is 298 g/mol.